The Hall–Kier alpha value is -1.86. The molecule has 1 aromatic carbocycles. The molecule has 1 aromatic rings. The topological polar surface area (TPSA) is 70.1 Å². The van der Waals surface area contributed by atoms with Crippen molar-refractivity contribution >= 4 is 5.91 Å². The molecule has 1 atom stereocenters. The van der Waals surface area contributed by atoms with Crippen LogP contribution in [0.15, 0.2) is 24.3 Å². The van der Waals surface area contributed by atoms with Gasteiger partial charge in [-0.1, -0.05) is 31.9 Å². The second kappa shape index (κ2) is 7.55. The van der Waals surface area contributed by atoms with Crippen molar-refractivity contribution in [2.45, 2.75) is 38.8 Å². The molecule has 0 bridgehead atoms. The van der Waals surface area contributed by atoms with E-state index in [4.69, 9.17) is 11.0 Å². The van der Waals surface area contributed by atoms with E-state index >= 15 is 0 Å². The molecular formula is C15H21N3O. The van der Waals surface area contributed by atoms with Crippen LogP contribution in [0.4, 0.5) is 0 Å². The van der Waals surface area contributed by atoms with Gasteiger partial charge < -0.3 is 10.6 Å². The molecule has 0 aliphatic rings. The monoisotopic (exact) mass is 259 g/mol. The highest BCUT2D eigenvalue weighted by Gasteiger charge is 2.17. The first-order chi connectivity index (χ1) is 9.08. The van der Waals surface area contributed by atoms with Crippen molar-refractivity contribution in [2.24, 2.45) is 5.73 Å². The van der Waals surface area contributed by atoms with Crippen LogP contribution in [-0.2, 0) is 11.3 Å². The van der Waals surface area contributed by atoms with Gasteiger partial charge in [-0.2, -0.15) is 5.26 Å². The van der Waals surface area contributed by atoms with Crippen molar-refractivity contribution in [3.8, 4) is 6.07 Å². The lowest BCUT2D eigenvalue weighted by Gasteiger charge is -2.21. The minimum absolute atomic E-state index is 0.0455. The molecule has 1 unspecified atom stereocenters. The number of benzene rings is 1. The van der Waals surface area contributed by atoms with Crippen LogP contribution in [-0.4, -0.2) is 23.9 Å². The van der Waals surface area contributed by atoms with E-state index in [1.807, 2.05) is 12.1 Å². The molecule has 1 amide bonds. The van der Waals surface area contributed by atoms with E-state index in [2.05, 4.69) is 13.0 Å². The average Bonchev–Trinajstić information content (AvgIpc) is 2.43. The van der Waals surface area contributed by atoms with Crippen LogP contribution in [0.3, 0.4) is 0 Å². The van der Waals surface area contributed by atoms with E-state index in [0.717, 1.165) is 24.8 Å². The van der Waals surface area contributed by atoms with Crippen molar-refractivity contribution in [1.82, 2.24) is 4.90 Å². The molecule has 0 aromatic heterocycles. The summed E-state index contributed by atoms with van der Waals surface area (Å²) in [5.74, 6) is -0.0455. The van der Waals surface area contributed by atoms with Gasteiger partial charge >= 0.3 is 0 Å². The molecule has 4 nitrogen and oxygen atoms in total. The number of rotatable bonds is 6. The Balaban J connectivity index is 2.60. The number of hydrogen-bond donors (Lipinski definition) is 1. The Kier molecular flexibility index (Phi) is 6.04. The Bertz CT molecular complexity index is 465. The molecule has 0 saturated heterocycles. The molecule has 0 aliphatic carbocycles. The second-order valence-electron chi connectivity index (χ2n) is 4.76. The molecular weight excluding hydrogens is 238 g/mol. The number of likely N-dealkylation sites (N-methyl/N-ethyl adjacent to an activating group) is 1. The molecule has 0 fully saturated rings. The lowest BCUT2D eigenvalue weighted by molar-refractivity contribution is -0.132. The summed E-state index contributed by atoms with van der Waals surface area (Å²) in [6.45, 7) is 2.56. The van der Waals surface area contributed by atoms with Gasteiger partial charge in [0, 0.05) is 13.6 Å². The minimum atomic E-state index is -0.427. The van der Waals surface area contributed by atoms with Crippen molar-refractivity contribution in [3.63, 3.8) is 0 Å². The quantitative estimate of drug-likeness (QED) is 0.849. The Morgan fingerprint density at radius 1 is 1.53 bits per heavy atom. The predicted octanol–water partition coefficient (Wildman–Crippen LogP) is 2.03. The Morgan fingerprint density at radius 3 is 2.89 bits per heavy atom. The second-order valence-corrected chi connectivity index (χ2v) is 4.76. The molecule has 0 spiro atoms. The first-order valence-corrected chi connectivity index (χ1v) is 6.58. The Morgan fingerprint density at radius 2 is 2.26 bits per heavy atom. The highest BCUT2D eigenvalue weighted by atomic mass is 16.2. The predicted molar refractivity (Wildman–Crippen MR) is 75.1 cm³/mol. The number of unbranched alkanes of at least 4 members (excludes halogenated alkanes) is 1. The highest BCUT2D eigenvalue weighted by molar-refractivity contribution is 5.81. The number of nitrogens with two attached hydrogens (primary N) is 1. The summed E-state index contributed by atoms with van der Waals surface area (Å²) >= 11 is 0. The molecule has 0 saturated carbocycles. The van der Waals surface area contributed by atoms with Crippen LogP contribution in [0.2, 0.25) is 0 Å². The van der Waals surface area contributed by atoms with Crippen LogP contribution in [0.5, 0.6) is 0 Å². The van der Waals surface area contributed by atoms with E-state index in [1.165, 1.54) is 0 Å². The third-order valence-corrected chi connectivity index (χ3v) is 3.04. The minimum Gasteiger partial charge on any atom is -0.340 e. The fourth-order valence-corrected chi connectivity index (χ4v) is 1.92. The molecule has 2 N–H and O–H groups in total. The zero-order valence-corrected chi connectivity index (χ0v) is 11.6. The fourth-order valence-electron chi connectivity index (χ4n) is 1.92. The van der Waals surface area contributed by atoms with E-state index < -0.39 is 6.04 Å². The lowest BCUT2D eigenvalue weighted by Crippen LogP contribution is -2.41. The summed E-state index contributed by atoms with van der Waals surface area (Å²) in [5, 5.41) is 8.84. The molecule has 1 rings (SSSR count). The molecule has 0 heterocycles. The van der Waals surface area contributed by atoms with Gasteiger partial charge in [-0.25, -0.2) is 0 Å². The van der Waals surface area contributed by atoms with Gasteiger partial charge in [-0.15, -0.1) is 0 Å². The van der Waals surface area contributed by atoms with Gasteiger partial charge in [-0.05, 0) is 24.1 Å². The number of carbonyl (C=O) groups excluding carboxylic acids is 1. The summed E-state index contributed by atoms with van der Waals surface area (Å²) in [6.07, 6.45) is 2.72. The largest absolute Gasteiger partial charge is 0.340 e. The van der Waals surface area contributed by atoms with Gasteiger partial charge in [0.25, 0.3) is 0 Å². The molecule has 0 radical (unpaired) electrons. The van der Waals surface area contributed by atoms with Crippen LogP contribution in [0.25, 0.3) is 0 Å². The molecule has 0 aliphatic heterocycles. The van der Waals surface area contributed by atoms with E-state index in [-0.39, 0.29) is 5.91 Å². The van der Waals surface area contributed by atoms with Crippen LogP contribution < -0.4 is 5.73 Å². The SMILES string of the molecule is CCCCC(N)C(=O)N(C)Cc1cccc(C#N)c1. The number of hydrogen-bond acceptors (Lipinski definition) is 3. The van der Waals surface area contributed by atoms with Gasteiger partial charge in [0.2, 0.25) is 5.91 Å². The van der Waals surface area contributed by atoms with Crippen LogP contribution in [0, 0.1) is 11.3 Å². The van der Waals surface area contributed by atoms with Gasteiger partial charge in [-0.3, -0.25) is 4.79 Å². The maximum Gasteiger partial charge on any atom is 0.239 e. The van der Waals surface area contributed by atoms with Crippen LogP contribution >= 0.6 is 0 Å². The first kappa shape index (κ1) is 15.2. The fraction of sp³-hybridized carbons (Fsp3) is 0.467. The van der Waals surface area contributed by atoms with E-state index in [1.54, 1.807) is 24.1 Å². The van der Waals surface area contributed by atoms with Gasteiger partial charge in [0.15, 0.2) is 0 Å². The summed E-state index contributed by atoms with van der Waals surface area (Å²) in [7, 11) is 1.74. The van der Waals surface area contributed by atoms with E-state index in [0.29, 0.717) is 12.1 Å². The van der Waals surface area contributed by atoms with Crippen molar-refractivity contribution in [2.75, 3.05) is 7.05 Å². The van der Waals surface area contributed by atoms with Crippen molar-refractivity contribution in [3.05, 3.63) is 35.4 Å². The molecule has 19 heavy (non-hydrogen) atoms. The number of nitrogens with zero attached hydrogens (tertiary/aromatic N) is 2. The summed E-state index contributed by atoms with van der Waals surface area (Å²) in [4.78, 5) is 13.7. The van der Waals surface area contributed by atoms with E-state index in [9.17, 15) is 4.79 Å². The standard InChI is InChI=1S/C15H21N3O/c1-3-4-8-14(17)15(19)18(2)11-13-7-5-6-12(9-13)10-16/h5-7,9,14H,3-4,8,11,17H2,1-2H3. The maximum absolute atomic E-state index is 12.0. The highest BCUT2D eigenvalue weighted by Crippen LogP contribution is 2.09. The number of carbonyl (C=O) groups is 1. The number of nitriles is 1. The summed E-state index contributed by atoms with van der Waals surface area (Å²) in [6, 6.07) is 8.93. The van der Waals surface area contributed by atoms with Crippen molar-refractivity contribution in [1.29, 1.82) is 5.26 Å². The zero-order valence-electron chi connectivity index (χ0n) is 11.6. The summed E-state index contributed by atoms with van der Waals surface area (Å²) < 4.78 is 0. The summed E-state index contributed by atoms with van der Waals surface area (Å²) in [5.41, 5.74) is 7.42. The van der Waals surface area contributed by atoms with Gasteiger partial charge in [0.1, 0.15) is 0 Å². The van der Waals surface area contributed by atoms with Gasteiger partial charge in [0.05, 0.1) is 17.7 Å². The zero-order chi connectivity index (χ0) is 14.3. The molecule has 102 valence electrons. The third-order valence-electron chi connectivity index (χ3n) is 3.04. The van der Waals surface area contributed by atoms with Crippen molar-refractivity contribution < 1.29 is 4.79 Å². The number of amides is 1. The average molecular weight is 259 g/mol. The first-order valence-electron chi connectivity index (χ1n) is 6.58. The lowest BCUT2D eigenvalue weighted by atomic mass is 10.1. The normalized spacial score (nSPS) is 11.7. The Labute approximate surface area is 114 Å². The third kappa shape index (κ3) is 4.72. The molecule has 4 heteroatoms. The smallest absolute Gasteiger partial charge is 0.239 e. The van der Waals surface area contributed by atoms with Crippen LogP contribution in [0.1, 0.15) is 37.3 Å². The maximum atomic E-state index is 12.0.